The molecule has 0 unspecified atom stereocenters. The Labute approximate surface area is 79.4 Å². The van der Waals surface area contributed by atoms with Gasteiger partial charge in [0.1, 0.15) is 0 Å². The van der Waals surface area contributed by atoms with Crippen molar-refractivity contribution >= 4 is 5.97 Å². The Kier molecular flexibility index (Phi) is 4.22. The van der Waals surface area contributed by atoms with E-state index in [9.17, 15) is 4.79 Å². The van der Waals surface area contributed by atoms with Crippen LogP contribution in [0.25, 0.3) is 0 Å². The van der Waals surface area contributed by atoms with Crippen molar-refractivity contribution in [3.05, 3.63) is 0 Å². The van der Waals surface area contributed by atoms with Gasteiger partial charge in [0.25, 0.3) is 0 Å². The highest BCUT2D eigenvalue weighted by Crippen LogP contribution is 2.30. The van der Waals surface area contributed by atoms with Crippen LogP contribution in [0.4, 0.5) is 0 Å². The van der Waals surface area contributed by atoms with E-state index in [4.69, 9.17) is 4.74 Å². The van der Waals surface area contributed by atoms with Gasteiger partial charge in [-0.2, -0.15) is 0 Å². The van der Waals surface area contributed by atoms with E-state index in [0.717, 1.165) is 25.9 Å². The zero-order valence-electron chi connectivity index (χ0n) is 8.41. The topological polar surface area (TPSA) is 35.5 Å². The van der Waals surface area contributed by atoms with Gasteiger partial charge in [0.05, 0.1) is 13.2 Å². The Morgan fingerprint density at radius 1 is 1.46 bits per heavy atom. The van der Waals surface area contributed by atoms with E-state index in [1.54, 1.807) is 0 Å². The van der Waals surface area contributed by atoms with Gasteiger partial charge in [-0.25, -0.2) is 0 Å². The molecule has 3 heteroatoms. The predicted octanol–water partition coefficient (Wildman–Crippen LogP) is 1.75. The van der Waals surface area contributed by atoms with Crippen LogP contribution in [0.5, 0.6) is 0 Å². The number of ether oxygens (including phenoxy) is 2. The van der Waals surface area contributed by atoms with E-state index in [2.05, 4.69) is 4.74 Å². The summed E-state index contributed by atoms with van der Waals surface area (Å²) >= 11 is 0. The third-order valence-electron chi connectivity index (χ3n) is 2.58. The lowest BCUT2D eigenvalue weighted by Crippen LogP contribution is -2.11. The maximum absolute atomic E-state index is 11.0. The van der Waals surface area contributed by atoms with Crippen LogP contribution in [0, 0.1) is 5.92 Å². The third kappa shape index (κ3) is 3.35. The minimum atomic E-state index is -0.0952. The monoisotopic (exact) mass is 186 g/mol. The highest BCUT2D eigenvalue weighted by molar-refractivity contribution is 5.69. The summed E-state index contributed by atoms with van der Waals surface area (Å²) in [5.74, 6) is 0.381. The summed E-state index contributed by atoms with van der Waals surface area (Å²) in [5.41, 5.74) is 0. The summed E-state index contributed by atoms with van der Waals surface area (Å²) in [4.78, 5) is 11.0. The van der Waals surface area contributed by atoms with E-state index < -0.39 is 0 Å². The number of methoxy groups -OCH3 is 1. The second-order valence-corrected chi connectivity index (χ2v) is 3.54. The maximum Gasteiger partial charge on any atom is 0.305 e. The maximum atomic E-state index is 11.0. The Morgan fingerprint density at radius 3 is 2.85 bits per heavy atom. The van der Waals surface area contributed by atoms with Crippen molar-refractivity contribution in [2.75, 3.05) is 13.7 Å². The Hall–Kier alpha value is -0.570. The van der Waals surface area contributed by atoms with Crippen LogP contribution >= 0.6 is 0 Å². The van der Waals surface area contributed by atoms with Gasteiger partial charge in [0.15, 0.2) is 0 Å². The molecule has 3 nitrogen and oxygen atoms in total. The van der Waals surface area contributed by atoms with E-state index >= 15 is 0 Å². The molecule has 0 N–H and O–H groups in total. The third-order valence-corrected chi connectivity index (χ3v) is 2.58. The van der Waals surface area contributed by atoms with E-state index in [1.807, 2.05) is 6.92 Å². The average molecular weight is 186 g/mol. The van der Waals surface area contributed by atoms with Crippen molar-refractivity contribution in [1.29, 1.82) is 0 Å². The van der Waals surface area contributed by atoms with Crippen LogP contribution in [0.3, 0.4) is 0 Å². The van der Waals surface area contributed by atoms with Gasteiger partial charge < -0.3 is 9.47 Å². The normalized spacial score (nSPS) is 27.5. The first-order valence-corrected chi connectivity index (χ1v) is 4.94. The van der Waals surface area contributed by atoms with E-state index in [0.29, 0.717) is 18.4 Å². The molecule has 1 rings (SSSR count). The average Bonchev–Trinajstić information content (AvgIpc) is 2.53. The first-order valence-electron chi connectivity index (χ1n) is 4.94. The highest BCUT2D eigenvalue weighted by atomic mass is 16.5. The molecule has 0 aliphatic heterocycles. The van der Waals surface area contributed by atoms with Gasteiger partial charge in [-0.05, 0) is 32.1 Å². The Bertz CT molecular complexity index is 168. The summed E-state index contributed by atoms with van der Waals surface area (Å²) in [7, 11) is 1.44. The molecular formula is C10H18O3. The summed E-state index contributed by atoms with van der Waals surface area (Å²) in [6.07, 6.45) is 4.14. The molecule has 0 radical (unpaired) electrons. The summed E-state index contributed by atoms with van der Waals surface area (Å²) < 4.78 is 10.1. The largest absolute Gasteiger partial charge is 0.469 e. The molecule has 0 saturated heterocycles. The van der Waals surface area contributed by atoms with Crippen molar-refractivity contribution in [2.45, 2.75) is 38.7 Å². The molecule has 0 aromatic heterocycles. The van der Waals surface area contributed by atoms with Crippen LogP contribution in [-0.4, -0.2) is 25.8 Å². The molecule has 1 fully saturated rings. The molecule has 0 aromatic rings. The molecule has 0 amide bonds. The van der Waals surface area contributed by atoms with Crippen LogP contribution in [0.2, 0.25) is 0 Å². The number of hydrogen-bond acceptors (Lipinski definition) is 3. The zero-order valence-corrected chi connectivity index (χ0v) is 8.41. The van der Waals surface area contributed by atoms with Gasteiger partial charge in [-0.1, -0.05) is 0 Å². The Balaban J connectivity index is 2.20. The van der Waals surface area contributed by atoms with Crippen molar-refractivity contribution in [3.63, 3.8) is 0 Å². The van der Waals surface area contributed by atoms with Crippen LogP contribution in [0.1, 0.15) is 32.6 Å². The van der Waals surface area contributed by atoms with Crippen molar-refractivity contribution in [2.24, 2.45) is 5.92 Å². The van der Waals surface area contributed by atoms with Gasteiger partial charge in [-0.3, -0.25) is 4.79 Å². The quantitative estimate of drug-likeness (QED) is 0.627. The summed E-state index contributed by atoms with van der Waals surface area (Å²) in [6, 6.07) is 0. The lowest BCUT2D eigenvalue weighted by Gasteiger charge is -2.10. The van der Waals surface area contributed by atoms with Crippen molar-refractivity contribution < 1.29 is 14.3 Å². The van der Waals surface area contributed by atoms with Gasteiger partial charge >= 0.3 is 5.97 Å². The SMILES string of the molecule is CCO[C@@H]1CC[C@@H](CC(=O)OC)C1. The smallest absolute Gasteiger partial charge is 0.305 e. The van der Waals surface area contributed by atoms with Crippen LogP contribution < -0.4 is 0 Å². The second kappa shape index (κ2) is 5.22. The lowest BCUT2D eigenvalue weighted by atomic mass is 10.0. The molecule has 76 valence electrons. The van der Waals surface area contributed by atoms with E-state index in [-0.39, 0.29) is 5.97 Å². The fraction of sp³-hybridized carbons (Fsp3) is 0.900. The zero-order chi connectivity index (χ0) is 9.68. The van der Waals surface area contributed by atoms with Crippen LogP contribution in [-0.2, 0) is 14.3 Å². The highest BCUT2D eigenvalue weighted by Gasteiger charge is 2.26. The standard InChI is InChI=1S/C10H18O3/c1-3-13-9-5-4-8(6-9)7-10(11)12-2/h8-9H,3-7H2,1-2H3/t8-,9-/m1/s1. The molecule has 1 aliphatic rings. The Morgan fingerprint density at radius 2 is 2.23 bits per heavy atom. The summed E-state index contributed by atoms with van der Waals surface area (Å²) in [5, 5.41) is 0. The molecule has 13 heavy (non-hydrogen) atoms. The fourth-order valence-electron chi connectivity index (χ4n) is 1.92. The predicted molar refractivity (Wildman–Crippen MR) is 49.4 cm³/mol. The molecule has 0 heterocycles. The van der Waals surface area contributed by atoms with Gasteiger partial charge in [0, 0.05) is 13.0 Å². The fourth-order valence-corrected chi connectivity index (χ4v) is 1.92. The minimum Gasteiger partial charge on any atom is -0.469 e. The first-order chi connectivity index (χ1) is 6.26. The lowest BCUT2D eigenvalue weighted by molar-refractivity contribution is -0.141. The molecule has 0 bridgehead atoms. The first kappa shape index (κ1) is 10.5. The van der Waals surface area contributed by atoms with Crippen molar-refractivity contribution in [3.8, 4) is 0 Å². The number of rotatable bonds is 4. The molecular weight excluding hydrogens is 168 g/mol. The van der Waals surface area contributed by atoms with Gasteiger partial charge in [0.2, 0.25) is 0 Å². The minimum absolute atomic E-state index is 0.0952. The van der Waals surface area contributed by atoms with E-state index in [1.165, 1.54) is 7.11 Å². The van der Waals surface area contributed by atoms with Gasteiger partial charge in [-0.15, -0.1) is 0 Å². The molecule has 1 aliphatic carbocycles. The summed E-state index contributed by atoms with van der Waals surface area (Å²) in [6.45, 7) is 2.78. The number of carbonyl (C=O) groups is 1. The number of carbonyl (C=O) groups excluding carboxylic acids is 1. The second-order valence-electron chi connectivity index (χ2n) is 3.54. The van der Waals surface area contributed by atoms with Crippen molar-refractivity contribution in [1.82, 2.24) is 0 Å². The number of esters is 1. The molecule has 1 saturated carbocycles. The molecule has 0 spiro atoms. The van der Waals surface area contributed by atoms with Crippen LogP contribution in [0.15, 0.2) is 0 Å². The number of hydrogen-bond donors (Lipinski definition) is 0. The molecule has 0 aromatic carbocycles. The molecule has 2 atom stereocenters.